The number of aryl methyl sites for hydroxylation is 2. The van der Waals surface area contributed by atoms with Crippen LogP contribution in [-0.4, -0.2) is 6.03 Å². The summed E-state index contributed by atoms with van der Waals surface area (Å²) in [5, 5.41) is 6.62. The largest absolute Gasteiger partial charge is 0.331 e. The highest BCUT2D eigenvalue weighted by atomic mass is 35.5. The third kappa shape index (κ3) is 4.03. The van der Waals surface area contributed by atoms with Crippen LogP contribution in [0.1, 0.15) is 42.5 Å². The SMILES string of the molecule is CC(NC(=O)Nc1ccc(Cl)c(Cl)c1)c1ccc2c(c1)CCCC2. The predicted octanol–water partition coefficient (Wildman–Crippen LogP) is 5.75. The van der Waals surface area contributed by atoms with Crippen molar-refractivity contribution in [1.82, 2.24) is 5.32 Å². The summed E-state index contributed by atoms with van der Waals surface area (Å²) in [6, 6.07) is 11.2. The van der Waals surface area contributed by atoms with Crippen LogP contribution in [0.2, 0.25) is 10.0 Å². The molecule has 2 aromatic rings. The Balaban J connectivity index is 1.64. The lowest BCUT2D eigenvalue weighted by Gasteiger charge is -2.20. The fourth-order valence-electron chi connectivity index (χ4n) is 3.04. The van der Waals surface area contributed by atoms with E-state index < -0.39 is 0 Å². The van der Waals surface area contributed by atoms with Gasteiger partial charge in [-0.1, -0.05) is 41.4 Å². The molecule has 0 fully saturated rings. The van der Waals surface area contributed by atoms with Gasteiger partial charge in [0, 0.05) is 5.69 Å². The van der Waals surface area contributed by atoms with E-state index in [0.717, 1.165) is 18.4 Å². The molecule has 24 heavy (non-hydrogen) atoms. The van der Waals surface area contributed by atoms with Gasteiger partial charge in [0.25, 0.3) is 0 Å². The number of nitrogens with one attached hydrogen (secondary N) is 2. The van der Waals surface area contributed by atoms with Crippen LogP contribution in [0.4, 0.5) is 10.5 Å². The molecule has 0 spiro atoms. The van der Waals surface area contributed by atoms with Gasteiger partial charge in [-0.05, 0) is 67.5 Å². The minimum atomic E-state index is -0.265. The first-order valence-corrected chi connectivity index (χ1v) is 8.93. The molecule has 3 nitrogen and oxygen atoms in total. The molecule has 0 bridgehead atoms. The van der Waals surface area contributed by atoms with E-state index in [2.05, 4.69) is 28.8 Å². The Kier molecular flexibility index (Phi) is 5.32. The Morgan fingerprint density at radius 2 is 1.75 bits per heavy atom. The van der Waals surface area contributed by atoms with Crippen molar-refractivity contribution in [3.8, 4) is 0 Å². The number of benzene rings is 2. The Bertz CT molecular complexity index is 761. The van der Waals surface area contributed by atoms with E-state index in [0.29, 0.717) is 15.7 Å². The van der Waals surface area contributed by atoms with E-state index in [9.17, 15) is 4.79 Å². The molecule has 0 saturated carbocycles. The molecule has 1 unspecified atom stereocenters. The minimum absolute atomic E-state index is 0.0694. The second-order valence-corrected chi connectivity index (χ2v) is 7.00. The number of anilines is 1. The summed E-state index contributed by atoms with van der Waals surface area (Å²) in [4.78, 5) is 12.2. The Hall–Kier alpha value is -1.71. The molecule has 126 valence electrons. The summed E-state index contributed by atoms with van der Waals surface area (Å²) < 4.78 is 0. The van der Waals surface area contributed by atoms with Crippen LogP contribution in [0.5, 0.6) is 0 Å². The normalized spacial score (nSPS) is 14.6. The smallest absolute Gasteiger partial charge is 0.319 e. The van der Waals surface area contributed by atoms with Gasteiger partial charge in [-0.15, -0.1) is 0 Å². The lowest BCUT2D eigenvalue weighted by Crippen LogP contribution is -2.31. The zero-order valence-electron chi connectivity index (χ0n) is 13.5. The monoisotopic (exact) mass is 362 g/mol. The van der Waals surface area contributed by atoms with Gasteiger partial charge in [0.2, 0.25) is 0 Å². The quantitative estimate of drug-likeness (QED) is 0.716. The van der Waals surface area contributed by atoms with Crippen molar-refractivity contribution in [2.45, 2.75) is 38.6 Å². The average Bonchev–Trinajstić information content (AvgIpc) is 2.57. The van der Waals surface area contributed by atoms with Gasteiger partial charge in [0.05, 0.1) is 16.1 Å². The highest BCUT2D eigenvalue weighted by Gasteiger charge is 2.14. The molecular formula is C19H20Cl2N2O. The summed E-state index contributed by atoms with van der Waals surface area (Å²) >= 11 is 11.8. The number of urea groups is 1. The van der Waals surface area contributed by atoms with Gasteiger partial charge >= 0.3 is 6.03 Å². The van der Waals surface area contributed by atoms with Crippen LogP contribution < -0.4 is 10.6 Å². The molecule has 5 heteroatoms. The number of amides is 2. The van der Waals surface area contributed by atoms with Crippen LogP contribution in [0.25, 0.3) is 0 Å². The molecule has 0 saturated heterocycles. The van der Waals surface area contributed by atoms with Crippen molar-refractivity contribution in [1.29, 1.82) is 0 Å². The van der Waals surface area contributed by atoms with E-state index >= 15 is 0 Å². The van der Waals surface area contributed by atoms with Crippen molar-refractivity contribution in [3.63, 3.8) is 0 Å². The van der Waals surface area contributed by atoms with E-state index in [-0.39, 0.29) is 12.1 Å². The van der Waals surface area contributed by atoms with Crippen molar-refractivity contribution >= 4 is 34.9 Å². The van der Waals surface area contributed by atoms with E-state index in [1.54, 1.807) is 18.2 Å². The average molecular weight is 363 g/mol. The molecule has 1 aliphatic carbocycles. The topological polar surface area (TPSA) is 41.1 Å². The number of carbonyl (C=O) groups excluding carboxylic acids is 1. The molecule has 1 aliphatic rings. The first-order chi connectivity index (χ1) is 11.5. The Labute approximate surface area is 152 Å². The van der Waals surface area contributed by atoms with Gasteiger partial charge in [-0.3, -0.25) is 0 Å². The third-order valence-corrected chi connectivity index (χ3v) is 5.14. The highest BCUT2D eigenvalue weighted by Crippen LogP contribution is 2.26. The summed E-state index contributed by atoms with van der Waals surface area (Å²) in [6.45, 7) is 1.99. The lowest BCUT2D eigenvalue weighted by atomic mass is 9.89. The molecular weight excluding hydrogens is 343 g/mol. The lowest BCUT2D eigenvalue weighted by molar-refractivity contribution is 0.249. The zero-order valence-corrected chi connectivity index (χ0v) is 15.0. The van der Waals surface area contributed by atoms with Crippen molar-refractivity contribution < 1.29 is 4.79 Å². The second-order valence-electron chi connectivity index (χ2n) is 6.18. The minimum Gasteiger partial charge on any atom is -0.331 e. The number of hydrogen-bond donors (Lipinski definition) is 2. The first-order valence-electron chi connectivity index (χ1n) is 8.17. The van der Waals surface area contributed by atoms with Gasteiger partial charge in [-0.25, -0.2) is 4.79 Å². The standard InChI is InChI=1S/C19H20Cl2N2O/c1-12(14-7-6-13-4-2-3-5-15(13)10-14)22-19(24)23-16-8-9-17(20)18(21)11-16/h6-12H,2-5H2,1H3,(H2,22,23,24). The maximum atomic E-state index is 12.2. The molecule has 0 radical (unpaired) electrons. The van der Waals surface area contributed by atoms with Gasteiger partial charge in [0.1, 0.15) is 0 Å². The van der Waals surface area contributed by atoms with Crippen molar-refractivity contribution in [3.05, 3.63) is 63.1 Å². The molecule has 0 aromatic heterocycles. The maximum absolute atomic E-state index is 12.2. The predicted molar refractivity (Wildman–Crippen MR) is 100 cm³/mol. The maximum Gasteiger partial charge on any atom is 0.319 e. The summed E-state index contributed by atoms with van der Waals surface area (Å²) in [6.07, 6.45) is 4.81. The molecule has 2 amide bonds. The van der Waals surface area contributed by atoms with Crippen LogP contribution in [0, 0.1) is 0 Å². The summed E-state index contributed by atoms with van der Waals surface area (Å²) in [7, 11) is 0. The highest BCUT2D eigenvalue weighted by molar-refractivity contribution is 6.42. The van der Waals surface area contributed by atoms with E-state index in [1.807, 2.05) is 6.92 Å². The third-order valence-electron chi connectivity index (χ3n) is 4.40. The number of halogens is 2. The Morgan fingerprint density at radius 1 is 1.00 bits per heavy atom. The molecule has 2 N–H and O–H groups in total. The second kappa shape index (κ2) is 7.45. The number of fused-ring (bicyclic) bond motifs is 1. The van der Waals surface area contributed by atoms with Crippen LogP contribution >= 0.6 is 23.2 Å². The molecule has 0 heterocycles. The first kappa shape index (κ1) is 17.1. The van der Waals surface area contributed by atoms with Crippen LogP contribution in [-0.2, 0) is 12.8 Å². The van der Waals surface area contributed by atoms with Gasteiger partial charge < -0.3 is 10.6 Å². The van der Waals surface area contributed by atoms with E-state index in [4.69, 9.17) is 23.2 Å². The summed E-state index contributed by atoms with van der Waals surface area (Å²) in [5.74, 6) is 0. The zero-order chi connectivity index (χ0) is 17.1. The molecule has 2 aromatic carbocycles. The van der Waals surface area contributed by atoms with Crippen LogP contribution in [0.15, 0.2) is 36.4 Å². The van der Waals surface area contributed by atoms with E-state index in [1.165, 1.54) is 24.0 Å². The van der Waals surface area contributed by atoms with Crippen LogP contribution in [0.3, 0.4) is 0 Å². The molecule has 0 aliphatic heterocycles. The fourth-order valence-corrected chi connectivity index (χ4v) is 3.34. The molecule has 3 rings (SSSR count). The van der Waals surface area contributed by atoms with Crippen molar-refractivity contribution in [2.24, 2.45) is 0 Å². The number of rotatable bonds is 3. The number of carbonyl (C=O) groups is 1. The number of hydrogen-bond acceptors (Lipinski definition) is 1. The van der Waals surface area contributed by atoms with Gasteiger partial charge in [-0.2, -0.15) is 0 Å². The Morgan fingerprint density at radius 3 is 2.50 bits per heavy atom. The van der Waals surface area contributed by atoms with Crippen molar-refractivity contribution in [2.75, 3.05) is 5.32 Å². The van der Waals surface area contributed by atoms with Gasteiger partial charge in [0.15, 0.2) is 0 Å². The molecule has 1 atom stereocenters. The summed E-state index contributed by atoms with van der Waals surface area (Å²) in [5.41, 5.74) is 4.59. The fraction of sp³-hybridized carbons (Fsp3) is 0.316.